The molecular weight excluding hydrogens is 586 g/mol. The van der Waals surface area contributed by atoms with Crippen LogP contribution in [0.2, 0.25) is 0 Å². The minimum atomic E-state index is 0.520. The number of ether oxygens (including phenoxy) is 8. The van der Waals surface area contributed by atoms with E-state index < -0.39 is 0 Å². The fourth-order valence-electron chi connectivity index (χ4n) is 4.45. The number of aromatic nitrogens is 3. The molecular formula is C31H59N5O9. The van der Waals surface area contributed by atoms with E-state index in [2.05, 4.69) is 27.0 Å². The maximum Gasteiger partial charge on any atom is 0.133 e. The van der Waals surface area contributed by atoms with E-state index in [0.717, 1.165) is 77.0 Å². The van der Waals surface area contributed by atoms with Gasteiger partial charge < -0.3 is 47.6 Å². The molecule has 0 bridgehead atoms. The third-order valence-corrected chi connectivity index (χ3v) is 6.96. The standard InChI is InChI=1S/C31H59N5O9/c1-2-14-38-16-18-40-20-22-42-24-26-44-28-29-45-27-25-43-23-21-41-19-17-39-15-12-36-30-31(32-33-36)5-3-4-6-34-7-9-35(10-8-34)11-13-37/h13,30H,2-12,14-29H2,1H3. The van der Waals surface area contributed by atoms with Crippen molar-refractivity contribution in [3.05, 3.63) is 11.9 Å². The van der Waals surface area contributed by atoms with Gasteiger partial charge in [-0.15, -0.1) is 5.10 Å². The molecule has 1 aliphatic heterocycles. The molecule has 2 heterocycles. The van der Waals surface area contributed by atoms with Gasteiger partial charge in [0.15, 0.2) is 0 Å². The van der Waals surface area contributed by atoms with Crippen LogP contribution in [0.1, 0.15) is 31.9 Å². The van der Waals surface area contributed by atoms with Crippen LogP contribution >= 0.6 is 0 Å². The summed E-state index contributed by atoms with van der Waals surface area (Å²) in [5.74, 6) is 0. The van der Waals surface area contributed by atoms with Gasteiger partial charge in [0.1, 0.15) is 6.29 Å². The fraction of sp³-hybridized carbons (Fsp3) is 0.903. The molecule has 1 aromatic rings. The van der Waals surface area contributed by atoms with Gasteiger partial charge in [0.05, 0.1) is 118 Å². The summed E-state index contributed by atoms with van der Waals surface area (Å²) in [6, 6.07) is 0. The molecule has 1 fully saturated rings. The second kappa shape index (κ2) is 29.8. The number of carbonyl (C=O) groups is 1. The lowest BCUT2D eigenvalue weighted by Gasteiger charge is -2.33. The van der Waals surface area contributed by atoms with Crippen molar-refractivity contribution in [3.8, 4) is 0 Å². The van der Waals surface area contributed by atoms with E-state index in [-0.39, 0.29) is 0 Å². The molecule has 0 aliphatic carbocycles. The van der Waals surface area contributed by atoms with E-state index >= 15 is 0 Å². The van der Waals surface area contributed by atoms with Gasteiger partial charge in [0.25, 0.3) is 0 Å². The number of hydrogen-bond acceptors (Lipinski definition) is 13. The molecule has 0 atom stereocenters. The highest BCUT2D eigenvalue weighted by Crippen LogP contribution is 2.06. The monoisotopic (exact) mass is 645 g/mol. The molecule has 0 amide bonds. The number of nitrogens with zero attached hydrogens (tertiary/aromatic N) is 5. The molecule has 0 radical (unpaired) electrons. The molecule has 14 heteroatoms. The number of carbonyl (C=O) groups excluding carboxylic acids is 1. The van der Waals surface area contributed by atoms with Crippen LogP contribution in [0.5, 0.6) is 0 Å². The third kappa shape index (κ3) is 23.4. The van der Waals surface area contributed by atoms with Crippen LogP contribution in [0.4, 0.5) is 0 Å². The zero-order chi connectivity index (χ0) is 31.9. The van der Waals surface area contributed by atoms with Crippen LogP contribution in [0.15, 0.2) is 6.20 Å². The van der Waals surface area contributed by atoms with Crippen molar-refractivity contribution in [1.82, 2.24) is 24.8 Å². The van der Waals surface area contributed by atoms with Crippen molar-refractivity contribution in [2.75, 3.05) is 145 Å². The lowest BCUT2D eigenvalue weighted by molar-refractivity contribution is -0.109. The van der Waals surface area contributed by atoms with Gasteiger partial charge in [-0.25, -0.2) is 4.68 Å². The van der Waals surface area contributed by atoms with Crippen molar-refractivity contribution in [3.63, 3.8) is 0 Å². The number of rotatable bonds is 33. The summed E-state index contributed by atoms with van der Waals surface area (Å²) < 4.78 is 45.7. The van der Waals surface area contributed by atoms with E-state index in [0.29, 0.717) is 112 Å². The van der Waals surface area contributed by atoms with Crippen LogP contribution in [-0.4, -0.2) is 176 Å². The zero-order valence-corrected chi connectivity index (χ0v) is 27.7. The Balaban J connectivity index is 1.24. The van der Waals surface area contributed by atoms with E-state index in [1.807, 2.05) is 10.9 Å². The van der Waals surface area contributed by atoms with Crippen LogP contribution in [0.3, 0.4) is 0 Å². The maximum absolute atomic E-state index is 10.6. The smallest absolute Gasteiger partial charge is 0.133 e. The Morgan fingerprint density at radius 1 is 0.600 bits per heavy atom. The van der Waals surface area contributed by atoms with Crippen molar-refractivity contribution in [2.45, 2.75) is 39.2 Å². The van der Waals surface area contributed by atoms with Crippen molar-refractivity contribution in [1.29, 1.82) is 0 Å². The van der Waals surface area contributed by atoms with Gasteiger partial charge in [-0.3, -0.25) is 4.90 Å². The van der Waals surface area contributed by atoms with Gasteiger partial charge in [0.2, 0.25) is 0 Å². The Hall–Kier alpha value is -1.59. The minimum Gasteiger partial charge on any atom is -0.379 e. The van der Waals surface area contributed by atoms with Gasteiger partial charge in [-0.2, -0.15) is 0 Å². The number of aryl methyl sites for hydroxylation is 1. The molecule has 0 N–H and O–H groups in total. The predicted molar refractivity (Wildman–Crippen MR) is 169 cm³/mol. The molecule has 1 aliphatic rings. The molecule has 45 heavy (non-hydrogen) atoms. The Bertz CT molecular complexity index is 784. The first kappa shape index (κ1) is 39.6. The van der Waals surface area contributed by atoms with Crippen molar-refractivity contribution >= 4 is 6.29 Å². The minimum absolute atomic E-state index is 0.520. The topological polar surface area (TPSA) is 128 Å². The average Bonchev–Trinajstić information content (AvgIpc) is 3.51. The molecule has 0 saturated carbocycles. The zero-order valence-electron chi connectivity index (χ0n) is 27.7. The highest BCUT2D eigenvalue weighted by atomic mass is 16.6. The van der Waals surface area contributed by atoms with E-state index in [4.69, 9.17) is 37.9 Å². The molecule has 2 rings (SSSR count). The Morgan fingerprint density at radius 3 is 1.51 bits per heavy atom. The molecule has 1 aromatic heterocycles. The first-order chi connectivity index (χ1) is 22.3. The molecule has 0 spiro atoms. The predicted octanol–water partition coefficient (Wildman–Crippen LogP) is 0.960. The summed E-state index contributed by atoms with van der Waals surface area (Å²) in [5, 5.41) is 8.49. The highest BCUT2D eigenvalue weighted by Gasteiger charge is 2.15. The molecule has 0 unspecified atom stereocenters. The number of aldehydes is 1. The summed E-state index contributed by atoms with van der Waals surface area (Å²) in [6.07, 6.45) is 7.20. The van der Waals surface area contributed by atoms with Crippen molar-refractivity contribution < 1.29 is 42.7 Å². The molecule has 262 valence electrons. The highest BCUT2D eigenvalue weighted by molar-refractivity contribution is 5.51. The van der Waals surface area contributed by atoms with Gasteiger partial charge in [0, 0.05) is 39.0 Å². The van der Waals surface area contributed by atoms with E-state index in [1.54, 1.807) is 0 Å². The van der Waals surface area contributed by atoms with E-state index in [9.17, 15) is 4.79 Å². The van der Waals surface area contributed by atoms with Crippen LogP contribution < -0.4 is 0 Å². The molecule has 0 aromatic carbocycles. The van der Waals surface area contributed by atoms with Crippen molar-refractivity contribution in [2.24, 2.45) is 0 Å². The quantitative estimate of drug-likeness (QED) is 0.0796. The summed E-state index contributed by atoms with van der Waals surface area (Å²) in [7, 11) is 0. The lowest BCUT2D eigenvalue weighted by Crippen LogP contribution is -2.46. The van der Waals surface area contributed by atoms with Crippen LogP contribution in [0.25, 0.3) is 0 Å². The summed E-state index contributed by atoms with van der Waals surface area (Å²) in [6.45, 7) is 17.4. The SMILES string of the molecule is CCCOCCOCCOCCOCCOCCOCCOCCOCCn1cc(CCCCN2CCN(CC=O)CC2)nn1. The maximum atomic E-state index is 10.6. The summed E-state index contributed by atoms with van der Waals surface area (Å²) in [4.78, 5) is 15.3. The lowest BCUT2D eigenvalue weighted by atomic mass is 10.2. The van der Waals surface area contributed by atoms with E-state index in [1.165, 1.54) is 0 Å². The fourth-order valence-corrected chi connectivity index (χ4v) is 4.45. The Labute approximate surface area is 269 Å². The van der Waals surface area contributed by atoms with Gasteiger partial charge in [-0.05, 0) is 32.2 Å². The van der Waals surface area contributed by atoms with Gasteiger partial charge >= 0.3 is 0 Å². The number of hydrogen-bond donors (Lipinski definition) is 0. The first-order valence-electron chi connectivity index (χ1n) is 16.7. The Kier molecular flexibility index (Phi) is 26.2. The second-order valence-corrected chi connectivity index (χ2v) is 10.6. The first-order valence-corrected chi connectivity index (χ1v) is 16.7. The van der Waals surface area contributed by atoms with Gasteiger partial charge in [-0.1, -0.05) is 12.1 Å². The number of unbranched alkanes of at least 4 members (excludes halogenated alkanes) is 1. The molecule has 14 nitrogen and oxygen atoms in total. The largest absolute Gasteiger partial charge is 0.379 e. The normalized spacial score (nSPS) is 14.4. The summed E-state index contributed by atoms with van der Waals surface area (Å²) >= 11 is 0. The third-order valence-electron chi connectivity index (χ3n) is 6.96. The average molecular weight is 646 g/mol. The summed E-state index contributed by atoms with van der Waals surface area (Å²) in [5.41, 5.74) is 1.02. The number of piperazine rings is 1. The molecule has 1 saturated heterocycles. The van der Waals surface area contributed by atoms with Crippen LogP contribution in [0, 0.1) is 0 Å². The second-order valence-electron chi connectivity index (χ2n) is 10.6. The Morgan fingerprint density at radius 2 is 1.04 bits per heavy atom. The van der Waals surface area contributed by atoms with Crippen LogP contribution in [-0.2, 0) is 55.7 Å².